The zero-order valence-electron chi connectivity index (χ0n) is 15.3. The first-order chi connectivity index (χ1) is 10.5. The van der Waals surface area contributed by atoms with Gasteiger partial charge in [-0.15, -0.1) is 0 Å². The van der Waals surface area contributed by atoms with Gasteiger partial charge in [0, 0.05) is 26.2 Å². The van der Waals surface area contributed by atoms with Gasteiger partial charge in [-0.05, 0) is 59.4 Å². The molecule has 2 rings (SSSR count). The van der Waals surface area contributed by atoms with E-state index in [0.29, 0.717) is 5.92 Å². The van der Waals surface area contributed by atoms with Gasteiger partial charge in [-0.2, -0.15) is 0 Å². The van der Waals surface area contributed by atoms with Crippen LogP contribution in [0.1, 0.15) is 47.0 Å². The monoisotopic (exact) mass is 325 g/mol. The van der Waals surface area contributed by atoms with Crippen LogP contribution in [0.25, 0.3) is 0 Å². The number of carbonyl (C=O) groups is 2. The maximum Gasteiger partial charge on any atom is 0.410 e. The van der Waals surface area contributed by atoms with Crippen LogP contribution in [0.4, 0.5) is 4.79 Å². The van der Waals surface area contributed by atoms with Gasteiger partial charge in [-0.25, -0.2) is 4.79 Å². The molecule has 6 nitrogen and oxygen atoms in total. The number of likely N-dealkylation sites (tertiary alicyclic amines) is 1. The second-order valence-electron chi connectivity index (χ2n) is 8.24. The lowest BCUT2D eigenvalue weighted by atomic mass is 9.61. The first kappa shape index (κ1) is 18.0. The van der Waals surface area contributed by atoms with Crippen LogP contribution < -0.4 is 5.32 Å². The van der Waals surface area contributed by atoms with Gasteiger partial charge in [-0.1, -0.05) is 0 Å². The first-order valence-electron chi connectivity index (χ1n) is 8.49. The van der Waals surface area contributed by atoms with Gasteiger partial charge in [0.25, 0.3) is 0 Å². The molecule has 1 N–H and O–H groups in total. The summed E-state index contributed by atoms with van der Waals surface area (Å²) in [7, 11) is 3.54. The lowest BCUT2D eigenvalue weighted by Crippen LogP contribution is -2.69. The molecule has 1 spiro atoms. The van der Waals surface area contributed by atoms with E-state index in [1.807, 2.05) is 32.6 Å². The van der Waals surface area contributed by atoms with Crippen molar-refractivity contribution in [2.45, 2.75) is 64.1 Å². The van der Waals surface area contributed by atoms with Crippen LogP contribution in [0.5, 0.6) is 0 Å². The smallest absolute Gasteiger partial charge is 0.410 e. The van der Waals surface area contributed by atoms with Crippen LogP contribution in [0.15, 0.2) is 0 Å². The van der Waals surface area contributed by atoms with Crippen molar-refractivity contribution < 1.29 is 14.3 Å². The van der Waals surface area contributed by atoms with Crippen LogP contribution in [0, 0.1) is 5.92 Å². The third kappa shape index (κ3) is 3.97. The molecule has 0 aromatic heterocycles. The van der Waals surface area contributed by atoms with E-state index < -0.39 is 5.60 Å². The second-order valence-corrected chi connectivity index (χ2v) is 8.24. The molecule has 0 aromatic rings. The minimum Gasteiger partial charge on any atom is -0.444 e. The largest absolute Gasteiger partial charge is 0.444 e. The summed E-state index contributed by atoms with van der Waals surface area (Å²) in [6.45, 7) is 9.21. The van der Waals surface area contributed by atoms with E-state index in [0.717, 1.165) is 32.4 Å². The highest BCUT2D eigenvalue weighted by atomic mass is 16.6. The van der Waals surface area contributed by atoms with Crippen LogP contribution in [-0.2, 0) is 9.53 Å². The fraction of sp³-hybridized carbons (Fsp3) is 0.882. The van der Waals surface area contributed by atoms with Gasteiger partial charge in [0.1, 0.15) is 5.60 Å². The minimum atomic E-state index is -0.444. The van der Waals surface area contributed by atoms with E-state index in [9.17, 15) is 9.59 Å². The molecule has 0 radical (unpaired) electrons. The Bertz CT molecular complexity index is 464. The standard InChI is InChI=1S/C17H31N3O3/c1-12(14(21)19(5)6)18-11-13-9-17(10-13)7-8-20(17)15(22)23-16(2,3)4/h12-13,18H,7-11H2,1-6H3/t12-,13?,17?/m0/s1. The molecular formula is C17H31N3O3. The predicted octanol–water partition coefficient (Wildman–Crippen LogP) is 1.84. The number of rotatable bonds is 4. The molecule has 1 heterocycles. The summed E-state index contributed by atoms with van der Waals surface area (Å²) in [6, 6.07) is -0.162. The highest BCUT2D eigenvalue weighted by Gasteiger charge is 2.56. The Kier molecular flexibility index (Phi) is 4.95. The average Bonchev–Trinajstić information content (AvgIpc) is 2.31. The summed E-state index contributed by atoms with van der Waals surface area (Å²) in [5.41, 5.74) is -0.427. The lowest BCUT2D eigenvalue weighted by Gasteiger charge is -2.61. The zero-order chi connectivity index (χ0) is 17.4. The molecule has 2 aliphatic rings. The van der Waals surface area contributed by atoms with E-state index in [4.69, 9.17) is 4.74 Å². The SMILES string of the molecule is C[C@H](NCC1CC2(CCN2C(=O)OC(C)(C)C)C1)C(=O)N(C)C. The van der Waals surface area contributed by atoms with Crippen molar-refractivity contribution in [3.05, 3.63) is 0 Å². The number of hydrogen-bond donors (Lipinski definition) is 1. The highest BCUT2D eigenvalue weighted by Crippen LogP contribution is 2.50. The van der Waals surface area contributed by atoms with Gasteiger partial charge in [0.15, 0.2) is 0 Å². The molecule has 132 valence electrons. The van der Waals surface area contributed by atoms with Crippen molar-refractivity contribution in [2.75, 3.05) is 27.2 Å². The van der Waals surface area contributed by atoms with Crippen LogP contribution in [0.3, 0.4) is 0 Å². The molecular weight excluding hydrogens is 294 g/mol. The molecule has 1 saturated carbocycles. The molecule has 6 heteroatoms. The maximum absolute atomic E-state index is 12.2. The number of nitrogens with zero attached hydrogens (tertiary/aromatic N) is 2. The third-order valence-electron chi connectivity index (χ3n) is 4.85. The Hall–Kier alpha value is -1.30. The summed E-state index contributed by atoms with van der Waals surface area (Å²) in [5, 5.41) is 3.31. The molecule has 1 saturated heterocycles. The second kappa shape index (κ2) is 6.30. The van der Waals surface area contributed by atoms with Crippen LogP contribution >= 0.6 is 0 Å². The van der Waals surface area contributed by atoms with Gasteiger partial charge in [0.05, 0.1) is 6.04 Å². The minimum absolute atomic E-state index is 0.0173. The van der Waals surface area contributed by atoms with E-state index in [1.165, 1.54) is 0 Å². The van der Waals surface area contributed by atoms with E-state index in [-0.39, 0.29) is 23.6 Å². The number of amides is 2. The van der Waals surface area contributed by atoms with Crippen molar-refractivity contribution in [3.8, 4) is 0 Å². The number of ether oxygens (including phenoxy) is 1. The van der Waals surface area contributed by atoms with Gasteiger partial charge >= 0.3 is 6.09 Å². The normalized spacial score (nSPS) is 27.9. The van der Waals surface area contributed by atoms with Gasteiger partial charge in [0.2, 0.25) is 5.91 Å². The first-order valence-corrected chi connectivity index (χ1v) is 8.49. The summed E-state index contributed by atoms with van der Waals surface area (Å²) in [5.74, 6) is 0.621. The molecule has 0 bridgehead atoms. The summed E-state index contributed by atoms with van der Waals surface area (Å²) in [6.07, 6.45) is 2.88. The van der Waals surface area contributed by atoms with Gasteiger partial charge in [-0.3, -0.25) is 4.79 Å². The average molecular weight is 325 g/mol. The fourth-order valence-electron chi connectivity index (χ4n) is 3.54. The quantitative estimate of drug-likeness (QED) is 0.857. The predicted molar refractivity (Wildman–Crippen MR) is 89.2 cm³/mol. The maximum atomic E-state index is 12.2. The molecule has 0 unspecified atom stereocenters. The van der Waals surface area contributed by atoms with Crippen molar-refractivity contribution in [1.82, 2.24) is 15.1 Å². The summed E-state index contributed by atoms with van der Waals surface area (Å²) >= 11 is 0. The van der Waals surface area contributed by atoms with Crippen LogP contribution in [-0.4, -0.2) is 66.2 Å². The molecule has 1 atom stereocenters. The topological polar surface area (TPSA) is 61.9 Å². The molecule has 1 aliphatic carbocycles. The summed E-state index contributed by atoms with van der Waals surface area (Å²) < 4.78 is 5.49. The fourth-order valence-corrected chi connectivity index (χ4v) is 3.54. The van der Waals surface area contributed by atoms with Crippen molar-refractivity contribution in [3.63, 3.8) is 0 Å². The molecule has 23 heavy (non-hydrogen) atoms. The number of hydrogen-bond acceptors (Lipinski definition) is 4. The van der Waals surface area contributed by atoms with Gasteiger partial charge < -0.3 is 19.9 Å². The highest BCUT2D eigenvalue weighted by molar-refractivity contribution is 5.80. The van der Waals surface area contributed by atoms with Crippen molar-refractivity contribution in [2.24, 2.45) is 5.92 Å². The summed E-state index contributed by atoms with van der Waals surface area (Å²) in [4.78, 5) is 27.5. The van der Waals surface area contributed by atoms with Crippen molar-refractivity contribution in [1.29, 1.82) is 0 Å². The van der Waals surface area contributed by atoms with E-state index in [1.54, 1.807) is 19.0 Å². The number of likely N-dealkylation sites (N-methyl/N-ethyl adjacent to an activating group) is 1. The Balaban J connectivity index is 1.75. The Morgan fingerprint density at radius 2 is 1.96 bits per heavy atom. The van der Waals surface area contributed by atoms with E-state index in [2.05, 4.69) is 5.32 Å². The Morgan fingerprint density at radius 1 is 1.35 bits per heavy atom. The Labute approximate surface area is 139 Å². The molecule has 1 aliphatic heterocycles. The third-order valence-corrected chi connectivity index (χ3v) is 4.85. The Morgan fingerprint density at radius 3 is 2.39 bits per heavy atom. The van der Waals surface area contributed by atoms with Crippen molar-refractivity contribution >= 4 is 12.0 Å². The molecule has 2 fully saturated rings. The molecule has 2 amide bonds. The number of nitrogens with one attached hydrogen (secondary N) is 1. The lowest BCUT2D eigenvalue weighted by molar-refractivity contribution is -0.130. The van der Waals surface area contributed by atoms with Crippen LogP contribution in [0.2, 0.25) is 0 Å². The molecule has 0 aromatic carbocycles. The zero-order valence-corrected chi connectivity index (χ0v) is 15.3. The van der Waals surface area contributed by atoms with E-state index >= 15 is 0 Å². The number of carbonyl (C=O) groups excluding carboxylic acids is 2.